The van der Waals surface area contributed by atoms with Crippen molar-refractivity contribution in [2.75, 3.05) is 19.6 Å². The number of nitrogens with one attached hydrogen (secondary N) is 1. The first kappa shape index (κ1) is 18.2. The summed E-state index contributed by atoms with van der Waals surface area (Å²) in [5, 5.41) is 3.89. The summed E-state index contributed by atoms with van der Waals surface area (Å²) in [5.74, 6) is 0.388. The number of amides is 1. The second-order valence-electron chi connectivity index (χ2n) is 6.12. The summed E-state index contributed by atoms with van der Waals surface area (Å²) in [6, 6.07) is 7.05. The van der Waals surface area contributed by atoms with E-state index in [2.05, 4.69) is 5.32 Å². The Morgan fingerprint density at radius 1 is 1.09 bits per heavy atom. The summed E-state index contributed by atoms with van der Waals surface area (Å²) in [5.41, 5.74) is 0.714. The first-order chi connectivity index (χ1) is 10.6. The molecule has 0 radical (unpaired) electrons. The molecule has 2 saturated heterocycles. The highest BCUT2D eigenvalue weighted by molar-refractivity contribution is 6.30. The fourth-order valence-electron chi connectivity index (χ4n) is 3.33. The molecule has 1 aromatic rings. The molecule has 0 saturated carbocycles. The predicted molar refractivity (Wildman–Crippen MR) is 93.4 cm³/mol. The topological polar surface area (TPSA) is 49.4 Å². The van der Waals surface area contributed by atoms with Gasteiger partial charge >= 0.3 is 0 Å². The van der Waals surface area contributed by atoms with E-state index in [4.69, 9.17) is 11.6 Å². The SMILES string of the molecule is Cl.O=C(c1ccc(Cl)cc1)C1CCN(C(=O)C2CCCN2)CC1. The molecule has 0 bridgehead atoms. The van der Waals surface area contributed by atoms with Gasteiger partial charge in [-0.05, 0) is 56.5 Å². The molecule has 3 rings (SSSR count). The summed E-state index contributed by atoms with van der Waals surface area (Å²) in [6.07, 6.45) is 3.50. The molecule has 2 fully saturated rings. The number of hydrogen-bond acceptors (Lipinski definition) is 3. The van der Waals surface area contributed by atoms with E-state index in [1.165, 1.54) is 0 Å². The maximum atomic E-state index is 12.5. The molecule has 2 aliphatic rings. The highest BCUT2D eigenvalue weighted by atomic mass is 35.5. The largest absolute Gasteiger partial charge is 0.341 e. The van der Waals surface area contributed by atoms with Gasteiger partial charge in [0.1, 0.15) is 0 Å². The van der Waals surface area contributed by atoms with Gasteiger partial charge in [0, 0.05) is 29.6 Å². The minimum atomic E-state index is -0.0106. The number of piperidine rings is 1. The lowest BCUT2D eigenvalue weighted by Gasteiger charge is -2.33. The molecule has 126 valence electrons. The van der Waals surface area contributed by atoms with Crippen LogP contribution in [0.4, 0.5) is 0 Å². The van der Waals surface area contributed by atoms with Gasteiger partial charge in [-0.25, -0.2) is 0 Å². The maximum absolute atomic E-state index is 12.5. The number of ketones is 1. The van der Waals surface area contributed by atoms with Gasteiger partial charge in [0.2, 0.25) is 5.91 Å². The average molecular weight is 357 g/mol. The molecule has 0 spiro atoms. The Hall–Kier alpha value is -1.10. The molecule has 2 aliphatic heterocycles. The van der Waals surface area contributed by atoms with Crippen LogP contribution in [-0.2, 0) is 4.79 Å². The van der Waals surface area contributed by atoms with Gasteiger partial charge in [0.15, 0.2) is 5.78 Å². The Balaban J connectivity index is 0.00000192. The van der Waals surface area contributed by atoms with Crippen molar-refractivity contribution in [1.29, 1.82) is 0 Å². The molecule has 0 aliphatic carbocycles. The van der Waals surface area contributed by atoms with Crippen molar-refractivity contribution in [2.24, 2.45) is 5.92 Å². The second kappa shape index (κ2) is 8.13. The van der Waals surface area contributed by atoms with Crippen molar-refractivity contribution in [3.63, 3.8) is 0 Å². The van der Waals surface area contributed by atoms with Crippen molar-refractivity contribution >= 4 is 35.7 Å². The van der Waals surface area contributed by atoms with Crippen LogP contribution in [0.15, 0.2) is 24.3 Å². The summed E-state index contributed by atoms with van der Waals surface area (Å²) < 4.78 is 0. The van der Waals surface area contributed by atoms with Crippen molar-refractivity contribution in [1.82, 2.24) is 10.2 Å². The van der Waals surface area contributed by atoms with Gasteiger partial charge in [-0.1, -0.05) is 11.6 Å². The number of Topliss-reactive ketones (excluding diaryl/α,β-unsaturated/α-hetero) is 1. The van der Waals surface area contributed by atoms with Crippen LogP contribution in [0.2, 0.25) is 5.02 Å². The smallest absolute Gasteiger partial charge is 0.239 e. The zero-order valence-electron chi connectivity index (χ0n) is 13.0. The molecule has 6 heteroatoms. The minimum absolute atomic E-state index is 0. The van der Waals surface area contributed by atoms with Crippen molar-refractivity contribution < 1.29 is 9.59 Å². The molecule has 2 heterocycles. The molecule has 1 unspecified atom stereocenters. The molecular formula is C17H22Cl2N2O2. The molecule has 1 atom stereocenters. The third-order valence-electron chi connectivity index (χ3n) is 4.66. The molecule has 0 aromatic heterocycles. The van der Waals surface area contributed by atoms with E-state index in [1.807, 2.05) is 4.90 Å². The van der Waals surface area contributed by atoms with Crippen LogP contribution in [0, 0.1) is 5.92 Å². The number of likely N-dealkylation sites (tertiary alicyclic amines) is 1. The van der Waals surface area contributed by atoms with Crippen LogP contribution >= 0.6 is 24.0 Å². The van der Waals surface area contributed by atoms with Crippen LogP contribution in [0.3, 0.4) is 0 Å². The molecular weight excluding hydrogens is 335 g/mol. The van der Waals surface area contributed by atoms with Crippen molar-refractivity contribution in [2.45, 2.75) is 31.7 Å². The number of halogens is 2. The van der Waals surface area contributed by atoms with E-state index in [0.717, 1.165) is 32.2 Å². The van der Waals surface area contributed by atoms with Crippen molar-refractivity contribution in [3.05, 3.63) is 34.9 Å². The fourth-order valence-corrected chi connectivity index (χ4v) is 3.45. The van der Waals surface area contributed by atoms with Gasteiger partial charge in [0.05, 0.1) is 6.04 Å². The van der Waals surface area contributed by atoms with E-state index in [-0.39, 0.29) is 36.1 Å². The van der Waals surface area contributed by atoms with E-state index >= 15 is 0 Å². The molecule has 4 nitrogen and oxygen atoms in total. The Morgan fingerprint density at radius 2 is 1.74 bits per heavy atom. The Morgan fingerprint density at radius 3 is 2.30 bits per heavy atom. The first-order valence-electron chi connectivity index (χ1n) is 7.97. The third kappa shape index (κ3) is 4.25. The van der Waals surface area contributed by atoms with E-state index < -0.39 is 0 Å². The van der Waals surface area contributed by atoms with Crippen LogP contribution in [0.5, 0.6) is 0 Å². The summed E-state index contributed by atoms with van der Waals surface area (Å²) >= 11 is 5.86. The van der Waals surface area contributed by atoms with Gasteiger partial charge in [-0.15, -0.1) is 12.4 Å². The van der Waals surface area contributed by atoms with Crippen LogP contribution in [0.25, 0.3) is 0 Å². The number of hydrogen-bond donors (Lipinski definition) is 1. The van der Waals surface area contributed by atoms with Gasteiger partial charge < -0.3 is 10.2 Å². The lowest BCUT2D eigenvalue weighted by molar-refractivity contribution is -0.134. The third-order valence-corrected chi connectivity index (χ3v) is 4.92. The number of nitrogens with zero attached hydrogens (tertiary/aromatic N) is 1. The van der Waals surface area contributed by atoms with E-state index in [1.54, 1.807) is 24.3 Å². The molecule has 1 aromatic carbocycles. The van der Waals surface area contributed by atoms with E-state index in [0.29, 0.717) is 23.7 Å². The Labute approximate surface area is 148 Å². The normalized spacial score (nSPS) is 21.8. The zero-order valence-corrected chi connectivity index (χ0v) is 14.5. The monoisotopic (exact) mass is 356 g/mol. The molecule has 1 amide bonds. The molecule has 1 N–H and O–H groups in total. The van der Waals surface area contributed by atoms with Crippen LogP contribution < -0.4 is 5.32 Å². The second-order valence-corrected chi connectivity index (χ2v) is 6.56. The number of rotatable bonds is 3. The number of carbonyl (C=O) groups is 2. The standard InChI is InChI=1S/C17H21ClN2O2.ClH/c18-14-5-3-12(4-6-14)16(21)13-7-10-20(11-8-13)17(22)15-2-1-9-19-15;/h3-6,13,15,19H,1-2,7-11H2;1H. The zero-order chi connectivity index (χ0) is 15.5. The van der Waals surface area contributed by atoms with Gasteiger partial charge in [0.25, 0.3) is 0 Å². The molecule has 23 heavy (non-hydrogen) atoms. The van der Waals surface area contributed by atoms with Gasteiger partial charge in [-0.3, -0.25) is 9.59 Å². The lowest BCUT2D eigenvalue weighted by Crippen LogP contribution is -2.47. The number of carbonyl (C=O) groups excluding carboxylic acids is 2. The highest BCUT2D eigenvalue weighted by Crippen LogP contribution is 2.23. The van der Waals surface area contributed by atoms with Crippen LogP contribution in [0.1, 0.15) is 36.0 Å². The van der Waals surface area contributed by atoms with Gasteiger partial charge in [-0.2, -0.15) is 0 Å². The first-order valence-corrected chi connectivity index (χ1v) is 8.35. The summed E-state index contributed by atoms with van der Waals surface area (Å²) in [6.45, 7) is 2.30. The quantitative estimate of drug-likeness (QED) is 0.847. The number of benzene rings is 1. The minimum Gasteiger partial charge on any atom is -0.341 e. The fraction of sp³-hybridized carbons (Fsp3) is 0.529. The Kier molecular flexibility index (Phi) is 6.45. The summed E-state index contributed by atoms with van der Waals surface area (Å²) in [7, 11) is 0. The summed E-state index contributed by atoms with van der Waals surface area (Å²) in [4.78, 5) is 26.7. The van der Waals surface area contributed by atoms with E-state index in [9.17, 15) is 9.59 Å². The lowest BCUT2D eigenvalue weighted by atomic mass is 9.88. The Bertz CT molecular complexity index is 548. The van der Waals surface area contributed by atoms with Crippen molar-refractivity contribution in [3.8, 4) is 0 Å². The maximum Gasteiger partial charge on any atom is 0.239 e. The predicted octanol–water partition coefficient (Wildman–Crippen LogP) is 2.94. The average Bonchev–Trinajstić information content (AvgIpc) is 3.09. The van der Waals surface area contributed by atoms with Crippen LogP contribution in [-0.4, -0.2) is 42.3 Å². The highest BCUT2D eigenvalue weighted by Gasteiger charge is 2.32.